The van der Waals surface area contributed by atoms with Crippen LogP contribution in [-0.2, 0) is 0 Å². The molecule has 0 bridgehead atoms. The summed E-state index contributed by atoms with van der Waals surface area (Å²) >= 11 is 0. The van der Waals surface area contributed by atoms with Crippen molar-refractivity contribution in [3.8, 4) is 0 Å². The van der Waals surface area contributed by atoms with Crippen molar-refractivity contribution in [1.29, 1.82) is 0 Å². The highest BCUT2D eigenvalue weighted by atomic mass is 19.1. The highest BCUT2D eigenvalue weighted by Gasteiger charge is 2.01. The number of hydrogen-bond donors (Lipinski definition) is 3. The van der Waals surface area contributed by atoms with Crippen LogP contribution in [0.3, 0.4) is 0 Å². The predicted molar refractivity (Wildman–Crippen MR) is 64.3 cm³/mol. The fourth-order valence-corrected chi connectivity index (χ4v) is 1.45. The Hall–Kier alpha value is -2.21. The van der Waals surface area contributed by atoms with Crippen molar-refractivity contribution in [2.75, 3.05) is 10.7 Å². The van der Waals surface area contributed by atoms with Crippen molar-refractivity contribution in [2.45, 2.75) is 6.92 Å². The number of anilines is 3. The van der Waals surface area contributed by atoms with E-state index in [-0.39, 0.29) is 5.82 Å². The summed E-state index contributed by atoms with van der Waals surface area (Å²) in [4.78, 5) is 7.94. The molecule has 0 saturated carbocycles. The SMILES string of the molecule is Cc1cc(F)cc(Nc2ccnc(NN)n2)c1. The lowest BCUT2D eigenvalue weighted by atomic mass is 10.2. The highest BCUT2D eigenvalue weighted by molar-refractivity contribution is 5.57. The average molecular weight is 233 g/mol. The Balaban J connectivity index is 2.24. The van der Waals surface area contributed by atoms with Crippen LogP contribution >= 0.6 is 0 Å². The van der Waals surface area contributed by atoms with Crippen LogP contribution in [0.4, 0.5) is 21.8 Å². The molecule has 0 aliphatic heterocycles. The molecular formula is C11H12FN5. The Morgan fingerprint density at radius 1 is 1.29 bits per heavy atom. The standard InChI is InChI=1S/C11H12FN5/c1-7-4-8(12)6-9(5-7)15-10-2-3-14-11(16-10)17-13/h2-6H,13H2,1H3,(H2,14,15,16,17). The van der Waals surface area contributed by atoms with Crippen LogP contribution in [0.15, 0.2) is 30.5 Å². The number of hydrazine groups is 1. The van der Waals surface area contributed by atoms with Crippen molar-refractivity contribution < 1.29 is 4.39 Å². The van der Waals surface area contributed by atoms with Gasteiger partial charge in [-0.15, -0.1) is 0 Å². The van der Waals surface area contributed by atoms with Crippen LogP contribution in [0.1, 0.15) is 5.56 Å². The summed E-state index contributed by atoms with van der Waals surface area (Å²) in [6.07, 6.45) is 1.55. The number of nitrogens with one attached hydrogen (secondary N) is 2. The van der Waals surface area contributed by atoms with E-state index >= 15 is 0 Å². The van der Waals surface area contributed by atoms with Gasteiger partial charge in [0.25, 0.3) is 0 Å². The highest BCUT2D eigenvalue weighted by Crippen LogP contribution is 2.18. The summed E-state index contributed by atoms with van der Waals surface area (Å²) < 4.78 is 13.2. The zero-order valence-electron chi connectivity index (χ0n) is 9.24. The third kappa shape index (κ3) is 2.88. The first-order valence-corrected chi connectivity index (χ1v) is 5.01. The fourth-order valence-electron chi connectivity index (χ4n) is 1.45. The second kappa shape index (κ2) is 4.75. The largest absolute Gasteiger partial charge is 0.340 e. The first-order valence-electron chi connectivity index (χ1n) is 5.01. The average Bonchev–Trinajstić information content (AvgIpc) is 2.28. The third-order valence-corrected chi connectivity index (χ3v) is 2.10. The van der Waals surface area contributed by atoms with Gasteiger partial charge >= 0.3 is 0 Å². The molecule has 0 aliphatic carbocycles. The number of nitrogens with zero attached hydrogens (tertiary/aromatic N) is 2. The van der Waals surface area contributed by atoms with Gasteiger partial charge in [-0.1, -0.05) is 0 Å². The first-order chi connectivity index (χ1) is 8.17. The van der Waals surface area contributed by atoms with Crippen molar-refractivity contribution >= 4 is 17.5 Å². The van der Waals surface area contributed by atoms with Gasteiger partial charge in [-0.3, -0.25) is 5.43 Å². The Labute approximate surface area is 97.9 Å². The lowest BCUT2D eigenvalue weighted by Crippen LogP contribution is -2.10. The van der Waals surface area contributed by atoms with Crippen LogP contribution in [0.2, 0.25) is 0 Å². The predicted octanol–water partition coefficient (Wildman–Crippen LogP) is 1.95. The molecule has 1 heterocycles. The van der Waals surface area contributed by atoms with Crippen LogP contribution in [0.5, 0.6) is 0 Å². The molecule has 0 unspecified atom stereocenters. The minimum absolute atomic E-state index is 0.293. The Morgan fingerprint density at radius 2 is 2.12 bits per heavy atom. The van der Waals surface area contributed by atoms with Crippen molar-refractivity contribution in [1.82, 2.24) is 9.97 Å². The molecule has 0 spiro atoms. The molecular weight excluding hydrogens is 221 g/mol. The lowest BCUT2D eigenvalue weighted by molar-refractivity contribution is 0.627. The molecule has 0 fully saturated rings. The molecule has 0 saturated heterocycles. The molecule has 0 radical (unpaired) electrons. The summed E-state index contributed by atoms with van der Waals surface area (Å²) in [5, 5.41) is 2.97. The van der Waals surface area contributed by atoms with E-state index in [0.717, 1.165) is 5.56 Å². The van der Waals surface area contributed by atoms with Crippen molar-refractivity contribution in [2.24, 2.45) is 5.84 Å². The van der Waals surface area contributed by atoms with Gasteiger partial charge in [0.15, 0.2) is 0 Å². The molecule has 0 aliphatic rings. The second-order valence-corrected chi connectivity index (χ2v) is 3.55. The van der Waals surface area contributed by atoms with Gasteiger partial charge in [0, 0.05) is 11.9 Å². The summed E-state index contributed by atoms with van der Waals surface area (Å²) in [6.45, 7) is 1.82. The van der Waals surface area contributed by atoms with E-state index in [1.807, 2.05) is 13.0 Å². The van der Waals surface area contributed by atoms with Crippen molar-refractivity contribution in [3.05, 3.63) is 41.8 Å². The van der Waals surface area contributed by atoms with Gasteiger partial charge in [-0.25, -0.2) is 15.2 Å². The summed E-state index contributed by atoms with van der Waals surface area (Å²) in [6, 6.07) is 6.34. The number of hydrogen-bond acceptors (Lipinski definition) is 5. The van der Waals surface area contributed by atoms with E-state index in [0.29, 0.717) is 17.5 Å². The maximum Gasteiger partial charge on any atom is 0.239 e. The van der Waals surface area contributed by atoms with Crippen LogP contribution in [0.25, 0.3) is 0 Å². The van der Waals surface area contributed by atoms with Gasteiger partial charge in [0.1, 0.15) is 11.6 Å². The molecule has 0 amide bonds. The van der Waals surface area contributed by atoms with Gasteiger partial charge < -0.3 is 5.32 Å². The van der Waals surface area contributed by atoms with E-state index in [1.165, 1.54) is 12.1 Å². The number of nitrogen functional groups attached to an aromatic ring is 1. The molecule has 88 valence electrons. The number of nitrogens with two attached hydrogens (primary N) is 1. The maximum atomic E-state index is 13.2. The minimum atomic E-state index is -0.293. The van der Waals surface area contributed by atoms with Gasteiger partial charge in [0.2, 0.25) is 5.95 Å². The van der Waals surface area contributed by atoms with Gasteiger partial charge in [-0.05, 0) is 36.8 Å². The molecule has 1 aromatic carbocycles. The summed E-state index contributed by atoms with van der Waals surface area (Å²) in [7, 11) is 0. The lowest BCUT2D eigenvalue weighted by Gasteiger charge is -2.07. The molecule has 4 N–H and O–H groups in total. The first kappa shape index (κ1) is 11.3. The zero-order valence-corrected chi connectivity index (χ0v) is 9.24. The number of aromatic nitrogens is 2. The number of benzene rings is 1. The monoisotopic (exact) mass is 233 g/mol. The van der Waals surface area contributed by atoms with Crippen LogP contribution < -0.4 is 16.6 Å². The van der Waals surface area contributed by atoms with E-state index in [4.69, 9.17) is 5.84 Å². The van der Waals surface area contributed by atoms with E-state index in [9.17, 15) is 4.39 Å². The number of rotatable bonds is 3. The molecule has 0 atom stereocenters. The normalized spacial score (nSPS) is 10.1. The van der Waals surface area contributed by atoms with Gasteiger partial charge in [0.05, 0.1) is 0 Å². The molecule has 1 aromatic heterocycles. The number of halogens is 1. The van der Waals surface area contributed by atoms with Gasteiger partial charge in [-0.2, -0.15) is 4.98 Å². The number of aryl methyl sites for hydroxylation is 1. The summed E-state index contributed by atoms with van der Waals surface area (Å²) in [5.41, 5.74) is 3.80. The van der Waals surface area contributed by atoms with Crippen LogP contribution in [0, 0.1) is 12.7 Å². The quantitative estimate of drug-likeness (QED) is 0.558. The Bertz CT molecular complexity index is 509. The van der Waals surface area contributed by atoms with Crippen molar-refractivity contribution in [3.63, 3.8) is 0 Å². The molecule has 5 nitrogen and oxygen atoms in total. The van der Waals surface area contributed by atoms with E-state index < -0.39 is 0 Å². The third-order valence-electron chi connectivity index (χ3n) is 2.10. The summed E-state index contributed by atoms with van der Waals surface area (Å²) in [5.74, 6) is 5.74. The van der Waals surface area contributed by atoms with E-state index in [1.54, 1.807) is 12.3 Å². The molecule has 6 heteroatoms. The smallest absolute Gasteiger partial charge is 0.239 e. The van der Waals surface area contributed by atoms with E-state index in [2.05, 4.69) is 20.7 Å². The minimum Gasteiger partial charge on any atom is -0.340 e. The second-order valence-electron chi connectivity index (χ2n) is 3.55. The molecule has 17 heavy (non-hydrogen) atoms. The topological polar surface area (TPSA) is 75.9 Å². The maximum absolute atomic E-state index is 13.2. The van der Waals surface area contributed by atoms with Crippen LogP contribution in [-0.4, -0.2) is 9.97 Å². The Morgan fingerprint density at radius 3 is 2.82 bits per heavy atom. The Kier molecular flexibility index (Phi) is 3.15. The zero-order chi connectivity index (χ0) is 12.3. The molecule has 2 rings (SSSR count). The molecule has 2 aromatic rings. The fraction of sp³-hybridized carbons (Fsp3) is 0.0909.